The first-order valence-electron chi connectivity index (χ1n) is 6.75. The molecule has 0 spiro atoms. The Morgan fingerprint density at radius 2 is 2.04 bits per heavy atom. The molecule has 0 fully saturated rings. The number of aliphatic hydroxyl groups is 1. The van der Waals surface area contributed by atoms with Crippen LogP contribution in [0.2, 0.25) is 0 Å². The van der Waals surface area contributed by atoms with Crippen LogP contribution in [0.5, 0.6) is 0 Å². The Bertz CT molecular complexity index is 802. The number of nitro benzene ring substituents is 1. The lowest BCUT2D eigenvalue weighted by molar-refractivity contribution is -0.387. The molecule has 1 heterocycles. The molecule has 0 unspecified atom stereocenters. The summed E-state index contributed by atoms with van der Waals surface area (Å²) in [5.74, 6) is 0.318. The zero-order chi connectivity index (χ0) is 17.7. The van der Waals surface area contributed by atoms with Gasteiger partial charge in [0.1, 0.15) is 0 Å². The van der Waals surface area contributed by atoms with Gasteiger partial charge in [-0.2, -0.15) is 0 Å². The molecular formula is C14H13N3O6S. The molecule has 0 aliphatic heterocycles. The van der Waals surface area contributed by atoms with Gasteiger partial charge in [-0.3, -0.25) is 20.2 Å². The largest absolute Gasteiger partial charge is 0.396 e. The van der Waals surface area contributed by atoms with Gasteiger partial charge in [0.2, 0.25) is 5.76 Å². The summed E-state index contributed by atoms with van der Waals surface area (Å²) in [6.45, 7) is 1.37. The lowest BCUT2D eigenvalue weighted by Crippen LogP contribution is -1.94. The molecule has 0 atom stereocenters. The van der Waals surface area contributed by atoms with Crippen LogP contribution in [-0.2, 0) is 0 Å². The molecule has 0 saturated heterocycles. The van der Waals surface area contributed by atoms with Crippen molar-refractivity contribution < 1.29 is 19.5 Å². The normalized spacial score (nSPS) is 11.1. The van der Waals surface area contributed by atoms with Gasteiger partial charge in [-0.05, 0) is 24.6 Å². The first-order valence-corrected chi connectivity index (χ1v) is 7.73. The van der Waals surface area contributed by atoms with Crippen molar-refractivity contribution in [1.29, 1.82) is 0 Å². The smallest absolute Gasteiger partial charge is 0.338 e. The number of aliphatic hydroxyl groups excluding tert-OH is 1. The number of rotatable bonds is 7. The second-order valence-corrected chi connectivity index (χ2v) is 5.76. The lowest BCUT2D eigenvalue weighted by atomic mass is 10.1. The molecule has 0 bridgehead atoms. The van der Waals surface area contributed by atoms with E-state index < -0.39 is 9.85 Å². The van der Waals surface area contributed by atoms with E-state index in [0.29, 0.717) is 16.2 Å². The van der Waals surface area contributed by atoms with Crippen molar-refractivity contribution in [3.63, 3.8) is 0 Å². The Morgan fingerprint density at radius 3 is 2.67 bits per heavy atom. The molecule has 9 nitrogen and oxygen atoms in total. The monoisotopic (exact) mass is 351 g/mol. The van der Waals surface area contributed by atoms with Gasteiger partial charge in [-0.25, -0.2) is 0 Å². The van der Waals surface area contributed by atoms with Gasteiger partial charge >= 0.3 is 5.69 Å². The fourth-order valence-corrected chi connectivity index (χ4v) is 2.70. The zero-order valence-electron chi connectivity index (χ0n) is 12.5. The van der Waals surface area contributed by atoms with E-state index in [4.69, 9.17) is 9.63 Å². The third-order valence-electron chi connectivity index (χ3n) is 3.00. The minimum absolute atomic E-state index is 0.0288. The van der Waals surface area contributed by atoms with E-state index in [-0.39, 0.29) is 29.4 Å². The summed E-state index contributed by atoms with van der Waals surface area (Å²) in [4.78, 5) is 21.4. The number of thioether (sulfide) groups is 1. The molecule has 2 rings (SSSR count). The van der Waals surface area contributed by atoms with Crippen molar-refractivity contribution >= 4 is 35.3 Å². The third kappa shape index (κ3) is 3.97. The maximum Gasteiger partial charge on any atom is 0.338 e. The van der Waals surface area contributed by atoms with Crippen LogP contribution >= 0.6 is 11.8 Å². The van der Waals surface area contributed by atoms with Gasteiger partial charge in [0.15, 0.2) is 5.69 Å². The van der Waals surface area contributed by atoms with Crippen LogP contribution in [0.1, 0.15) is 17.0 Å². The minimum Gasteiger partial charge on any atom is -0.396 e. The lowest BCUT2D eigenvalue weighted by Gasteiger charge is -2.02. The van der Waals surface area contributed by atoms with Gasteiger partial charge < -0.3 is 9.63 Å². The number of nitrogens with zero attached hydrogens (tertiary/aromatic N) is 3. The maximum atomic E-state index is 11.1. The van der Waals surface area contributed by atoms with Crippen LogP contribution < -0.4 is 0 Å². The highest BCUT2D eigenvalue weighted by Gasteiger charge is 2.22. The predicted molar refractivity (Wildman–Crippen MR) is 87.7 cm³/mol. The zero-order valence-corrected chi connectivity index (χ0v) is 13.4. The average Bonchev–Trinajstić information content (AvgIpc) is 2.92. The molecule has 0 aliphatic carbocycles. The van der Waals surface area contributed by atoms with Crippen molar-refractivity contribution in [1.82, 2.24) is 5.16 Å². The van der Waals surface area contributed by atoms with E-state index in [9.17, 15) is 20.2 Å². The van der Waals surface area contributed by atoms with Gasteiger partial charge in [0.05, 0.1) is 21.3 Å². The Hall–Kier alpha value is -2.72. The highest BCUT2D eigenvalue weighted by molar-refractivity contribution is 7.99. The van der Waals surface area contributed by atoms with Crippen LogP contribution in [0.25, 0.3) is 12.2 Å². The van der Waals surface area contributed by atoms with E-state index in [1.165, 1.54) is 36.9 Å². The van der Waals surface area contributed by atoms with Crippen molar-refractivity contribution in [2.24, 2.45) is 0 Å². The predicted octanol–water partition coefficient (Wildman–Crippen LogP) is 3.05. The average molecular weight is 351 g/mol. The topological polar surface area (TPSA) is 133 Å². The van der Waals surface area contributed by atoms with Crippen molar-refractivity contribution in [3.05, 3.63) is 55.4 Å². The molecule has 0 aliphatic rings. The summed E-state index contributed by atoms with van der Waals surface area (Å²) in [5.41, 5.74) is 0.300. The van der Waals surface area contributed by atoms with Crippen molar-refractivity contribution in [2.75, 3.05) is 12.4 Å². The van der Waals surface area contributed by atoms with Crippen molar-refractivity contribution in [3.8, 4) is 0 Å². The molecule has 10 heteroatoms. The van der Waals surface area contributed by atoms with Gasteiger partial charge in [0.25, 0.3) is 5.69 Å². The second kappa shape index (κ2) is 7.70. The van der Waals surface area contributed by atoms with Crippen molar-refractivity contribution in [2.45, 2.75) is 11.8 Å². The molecule has 0 radical (unpaired) electrons. The summed E-state index contributed by atoms with van der Waals surface area (Å²) in [5, 5.41) is 34.5. The number of hydrogen-bond donors (Lipinski definition) is 1. The Balaban J connectivity index is 2.32. The van der Waals surface area contributed by atoms with Gasteiger partial charge in [0, 0.05) is 11.8 Å². The summed E-state index contributed by atoms with van der Waals surface area (Å²) >= 11 is 1.17. The molecular weight excluding hydrogens is 338 g/mol. The number of nitro groups is 2. The Labute approximate surface area is 140 Å². The fraction of sp³-hybridized carbons (Fsp3) is 0.214. The number of hydrogen-bond acceptors (Lipinski definition) is 8. The molecule has 0 saturated carbocycles. The third-order valence-corrected chi connectivity index (χ3v) is 4.04. The second-order valence-electron chi connectivity index (χ2n) is 4.63. The van der Waals surface area contributed by atoms with E-state index in [1.807, 2.05) is 0 Å². The molecule has 0 amide bonds. The highest BCUT2D eigenvalue weighted by Crippen LogP contribution is 2.31. The van der Waals surface area contributed by atoms with Crippen LogP contribution in [0.4, 0.5) is 11.4 Å². The number of aryl methyl sites for hydroxylation is 1. The molecule has 1 N–H and O–H groups in total. The van der Waals surface area contributed by atoms with Gasteiger partial charge in [-0.1, -0.05) is 17.3 Å². The fourth-order valence-electron chi connectivity index (χ4n) is 1.94. The van der Waals surface area contributed by atoms with E-state index in [2.05, 4.69) is 5.16 Å². The number of benzene rings is 1. The van der Waals surface area contributed by atoms with Crippen LogP contribution in [0.3, 0.4) is 0 Å². The SMILES string of the molecule is Cc1noc(C=Cc2ccc(SCCO)c([N+](=O)[O-])c2)c1[N+](=O)[O-]. The molecule has 1 aromatic carbocycles. The van der Waals surface area contributed by atoms with Crippen LogP contribution in [-0.4, -0.2) is 32.5 Å². The quantitative estimate of drug-likeness (QED) is 0.457. The van der Waals surface area contributed by atoms with E-state index in [1.54, 1.807) is 12.1 Å². The summed E-state index contributed by atoms with van der Waals surface area (Å²) in [6, 6.07) is 4.56. The summed E-state index contributed by atoms with van der Waals surface area (Å²) < 4.78 is 4.89. The molecule has 24 heavy (non-hydrogen) atoms. The summed E-state index contributed by atoms with van der Waals surface area (Å²) in [6.07, 6.45) is 2.82. The molecule has 126 valence electrons. The van der Waals surface area contributed by atoms with Gasteiger partial charge in [-0.15, -0.1) is 11.8 Å². The standard InChI is InChI=1S/C14H13N3O6S/c1-9-14(17(21)22)12(23-15-9)4-2-10-3-5-13(24-7-6-18)11(8-10)16(19)20/h2-5,8,18H,6-7H2,1H3. The van der Waals surface area contributed by atoms with Crippen LogP contribution in [0.15, 0.2) is 27.6 Å². The molecule has 1 aromatic heterocycles. The summed E-state index contributed by atoms with van der Waals surface area (Å²) in [7, 11) is 0. The van der Waals surface area contributed by atoms with E-state index in [0.717, 1.165) is 0 Å². The number of aromatic nitrogens is 1. The van der Waals surface area contributed by atoms with Crippen LogP contribution in [0, 0.1) is 27.2 Å². The van der Waals surface area contributed by atoms with E-state index >= 15 is 0 Å². The maximum absolute atomic E-state index is 11.1. The molecule has 2 aromatic rings. The highest BCUT2D eigenvalue weighted by atomic mass is 32.2. The Morgan fingerprint density at radius 1 is 1.29 bits per heavy atom. The Kier molecular flexibility index (Phi) is 5.66. The first-order chi connectivity index (χ1) is 11.4. The minimum atomic E-state index is -0.595. The first kappa shape index (κ1) is 17.6.